The molecular weight excluding hydrogens is 326 g/mol. The van der Waals surface area contributed by atoms with Gasteiger partial charge in [-0.3, -0.25) is 0 Å². The zero-order valence-corrected chi connectivity index (χ0v) is 15.7. The average Bonchev–Trinajstić information content (AvgIpc) is 2.60. The number of hydrogen-bond acceptors (Lipinski definition) is 3. The maximum Gasteiger partial charge on any atom is 0.407 e. The van der Waals surface area contributed by atoms with Gasteiger partial charge in [0.05, 0.1) is 0 Å². The van der Waals surface area contributed by atoms with Crippen LogP contribution in [0.25, 0.3) is 6.08 Å². The third-order valence-electron chi connectivity index (χ3n) is 3.65. The summed E-state index contributed by atoms with van der Waals surface area (Å²) >= 11 is 0. The van der Waals surface area contributed by atoms with Gasteiger partial charge in [-0.05, 0) is 56.0 Å². The Hall–Kier alpha value is -2.75. The van der Waals surface area contributed by atoms with E-state index in [0.29, 0.717) is 19.6 Å². The number of carbonyl (C=O) groups is 1. The number of benzene rings is 2. The van der Waals surface area contributed by atoms with E-state index in [1.807, 2.05) is 69.3 Å². The maximum atomic E-state index is 11.7. The van der Waals surface area contributed by atoms with Crippen molar-refractivity contribution < 1.29 is 14.3 Å². The molecule has 0 bridgehead atoms. The van der Waals surface area contributed by atoms with Crippen LogP contribution < -0.4 is 10.1 Å². The van der Waals surface area contributed by atoms with E-state index in [-0.39, 0.29) is 0 Å². The zero-order chi connectivity index (χ0) is 19.0. The highest BCUT2D eigenvalue weighted by Crippen LogP contribution is 2.20. The van der Waals surface area contributed by atoms with Crippen molar-refractivity contribution in [2.75, 3.05) is 6.54 Å². The molecule has 2 aromatic carbocycles. The van der Waals surface area contributed by atoms with Gasteiger partial charge in [0.25, 0.3) is 0 Å². The van der Waals surface area contributed by atoms with E-state index in [1.165, 1.54) is 0 Å². The van der Waals surface area contributed by atoms with E-state index < -0.39 is 11.7 Å². The lowest BCUT2D eigenvalue weighted by molar-refractivity contribution is 0.0528. The van der Waals surface area contributed by atoms with Crippen LogP contribution >= 0.6 is 0 Å². The number of ether oxygens (including phenoxy) is 2. The lowest BCUT2D eigenvalue weighted by Gasteiger charge is -2.19. The van der Waals surface area contributed by atoms with Gasteiger partial charge >= 0.3 is 6.09 Å². The third kappa shape index (κ3) is 6.63. The summed E-state index contributed by atoms with van der Waals surface area (Å²) in [7, 11) is 0. The van der Waals surface area contributed by atoms with E-state index in [9.17, 15) is 4.79 Å². The summed E-state index contributed by atoms with van der Waals surface area (Å²) in [6, 6.07) is 16.0. The Morgan fingerprint density at radius 1 is 1.15 bits per heavy atom. The van der Waals surface area contributed by atoms with Crippen LogP contribution in [-0.2, 0) is 17.8 Å². The second-order valence-corrected chi connectivity index (χ2v) is 7.02. The fourth-order valence-corrected chi connectivity index (χ4v) is 2.43. The van der Waals surface area contributed by atoms with Crippen molar-refractivity contribution in [1.82, 2.24) is 5.32 Å². The molecule has 0 fully saturated rings. The molecule has 0 saturated heterocycles. The lowest BCUT2D eigenvalue weighted by Crippen LogP contribution is -2.33. The Balaban J connectivity index is 1.89. The number of nitrogens with one attached hydrogen (secondary N) is 1. The van der Waals surface area contributed by atoms with Crippen molar-refractivity contribution in [2.24, 2.45) is 0 Å². The molecule has 1 amide bonds. The number of hydrogen-bond donors (Lipinski definition) is 1. The summed E-state index contributed by atoms with van der Waals surface area (Å²) in [5.41, 5.74) is 2.73. The lowest BCUT2D eigenvalue weighted by atomic mass is 10.0. The van der Waals surface area contributed by atoms with Crippen molar-refractivity contribution in [2.45, 2.75) is 39.4 Å². The molecule has 0 saturated carbocycles. The third-order valence-corrected chi connectivity index (χ3v) is 3.65. The predicted molar refractivity (Wildman–Crippen MR) is 105 cm³/mol. The van der Waals surface area contributed by atoms with Crippen molar-refractivity contribution in [3.63, 3.8) is 0 Å². The van der Waals surface area contributed by atoms with Crippen LogP contribution in [0, 0.1) is 0 Å². The van der Waals surface area contributed by atoms with Crippen LogP contribution in [0.4, 0.5) is 4.79 Å². The molecule has 0 radical (unpaired) electrons. The van der Waals surface area contributed by atoms with E-state index >= 15 is 0 Å². The summed E-state index contributed by atoms with van der Waals surface area (Å²) in [5, 5.41) is 2.77. The smallest absolute Gasteiger partial charge is 0.407 e. The Bertz CT molecular complexity index is 733. The Labute approximate surface area is 155 Å². The molecule has 0 aliphatic rings. The fourth-order valence-electron chi connectivity index (χ4n) is 2.43. The highest BCUT2D eigenvalue weighted by Gasteiger charge is 2.15. The molecule has 0 aliphatic carbocycles. The fraction of sp³-hybridized carbons (Fsp3) is 0.318. The van der Waals surface area contributed by atoms with Gasteiger partial charge in [-0.1, -0.05) is 49.1 Å². The molecule has 138 valence electrons. The van der Waals surface area contributed by atoms with Crippen LogP contribution in [0.5, 0.6) is 5.75 Å². The van der Waals surface area contributed by atoms with Gasteiger partial charge in [-0.2, -0.15) is 0 Å². The Kier molecular flexibility index (Phi) is 6.84. The van der Waals surface area contributed by atoms with Crippen LogP contribution in [0.1, 0.15) is 37.5 Å². The standard InChI is InChI=1S/C22H27NO3/c1-5-18-15-20(25-16-17-9-7-6-8-10-17)12-11-19(18)13-14-23-21(24)26-22(2,3)4/h5-12,15H,1,13-14,16H2,2-4H3,(H,23,24). The first kappa shape index (κ1) is 19.6. The molecule has 0 unspecified atom stereocenters. The monoisotopic (exact) mass is 353 g/mol. The normalized spacial score (nSPS) is 10.9. The first-order chi connectivity index (χ1) is 12.4. The molecule has 0 spiro atoms. The summed E-state index contributed by atoms with van der Waals surface area (Å²) in [5.74, 6) is 0.799. The summed E-state index contributed by atoms with van der Waals surface area (Å²) in [6.07, 6.45) is 2.10. The zero-order valence-electron chi connectivity index (χ0n) is 15.7. The average molecular weight is 353 g/mol. The number of rotatable bonds is 7. The van der Waals surface area contributed by atoms with Crippen LogP contribution in [0.3, 0.4) is 0 Å². The molecule has 4 heteroatoms. The molecule has 26 heavy (non-hydrogen) atoms. The van der Waals surface area contributed by atoms with Crippen LogP contribution in [0.15, 0.2) is 55.1 Å². The topological polar surface area (TPSA) is 47.6 Å². The van der Waals surface area contributed by atoms with Crippen LogP contribution in [-0.4, -0.2) is 18.2 Å². The molecule has 0 atom stereocenters. The van der Waals surface area contributed by atoms with Gasteiger partial charge < -0.3 is 14.8 Å². The van der Waals surface area contributed by atoms with Gasteiger partial charge in [0, 0.05) is 6.54 Å². The minimum atomic E-state index is -0.492. The minimum absolute atomic E-state index is 0.402. The van der Waals surface area contributed by atoms with Gasteiger partial charge in [0.15, 0.2) is 0 Å². The Morgan fingerprint density at radius 2 is 1.88 bits per heavy atom. The highest BCUT2D eigenvalue weighted by atomic mass is 16.6. The number of carbonyl (C=O) groups excluding carboxylic acids is 1. The summed E-state index contributed by atoms with van der Waals surface area (Å²) in [4.78, 5) is 11.7. The minimum Gasteiger partial charge on any atom is -0.489 e. The molecular formula is C22H27NO3. The molecule has 2 rings (SSSR count). The van der Waals surface area contributed by atoms with E-state index in [1.54, 1.807) is 6.08 Å². The molecule has 0 heterocycles. The van der Waals surface area contributed by atoms with E-state index in [0.717, 1.165) is 22.4 Å². The van der Waals surface area contributed by atoms with Crippen molar-refractivity contribution in [3.8, 4) is 5.75 Å². The molecule has 4 nitrogen and oxygen atoms in total. The molecule has 1 N–H and O–H groups in total. The number of amides is 1. The van der Waals surface area contributed by atoms with Gasteiger partial charge in [0.1, 0.15) is 18.0 Å². The highest BCUT2D eigenvalue weighted by molar-refractivity contribution is 5.67. The predicted octanol–water partition coefficient (Wildman–Crippen LogP) is 4.98. The summed E-state index contributed by atoms with van der Waals surface area (Å²) < 4.78 is 11.1. The quantitative estimate of drug-likeness (QED) is 0.764. The maximum absolute atomic E-state index is 11.7. The number of alkyl carbamates (subject to hydrolysis) is 1. The van der Waals surface area contributed by atoms with Crippen molar-refractivity contribution >= 4 is 12.2 Å². The first-order valence-electron chi connectivity index (χ1n) is 8.76. The second kappa shape index (κ2) is 9.09. The largest absolute Gasteiger partial charge is 0.489 e. The molecule has 0 aliphatic heterocycles. The Morgan fingerprint density at radius 3 is 2.54 bits per heavy atom. The van der Waals surface area contributed by atoms with E-state index in [2.05, 4.69) is 11.9 Å². The van der Waals surface area contributed by atoms with E-state index in [4.69, 9.17) is 9.47 Å². The van der Waals surface area contributed by atoms with Crippen molar-refractivity contribution in [1.29, 1.82) is 0 Å². The van der Waals surface area contributed by atoms with Crippen molar-refractivity contribution in [3.05, 3.63) is 71.8 Å². The second-order valence-electron chi connectivity index (χ2n) is 7.02. The summed E-state index contributed by atoms with van der Waals surface area (Å²) in [6.45, 7) is 10.4. The molecule has 0 aromatic heterocycles. The van der Waals surface area contributed by atoms with Gasteiger partial charge in [-0.25, -0.2) is 4.79 Å². The van der Waals surface area contributed by atoms with Gasteiger partial charge in [-0.15, -0.1) is 0 Å². The SMILES string of the molecule is C=Cc1cc(OCc2ccccc2)ccc1CCNC(=O)OC(C)(C)C. The first-order valence-corrected chi connectivity index (χ1v) is 8.76. The molecule has 2 aromatic rings. The van der Waals surface area contributed by atoms with Crippen LogP contribution in [0.2, 0.25) is 0 Å². The van der Waals surface area contributed by atoms with Gasteiger partial charge in [0.2, 0.25) is 0 Å².